The van der Waals surface area contributed by atoms with E-state index in [4.69, 9.17) is 0 Å². The van der Waals surface area contributed by atoms with Crippen molar-refractivity contribution >= 4 is 35.2 Å². The van der Waals surface area contributed by atoms with Crippen LogP contribution in [0.1, 0.15) is 5.69 Å². The first-order valence-corrected chi connectivity index (χ1v) is 10.5. The van der Waals surface area contributed by atoms with Crippen LogP contribution < -0.4 is 11.0 Å². The van der Waals surface area contributed by atoms with E-state index in [0.29, 0.717) is 26.7 Å². The molecule has 0 fully saturated rings. The number of aryl methyl sites for hydroxylation is 1. The second-order valence-electron chi connectivity index (χ2n) is 6.20. The number of amides is 1. The number of aromatic amines is 2. The van der Waals surface area contributed by atoms with Crippen LogP contribution in [-0.4, -0.2) is 40.8 Å². The first-order chi connectivity index (χ1) is 14.9. The average molecular weight is 459 g/mol. The number of benzene rings is 1. The summed E-state index contributed by atoms with van der Waals surface area (Å²) in [7, 11) is 1.75. The van der Waals surface area contributed by atoms with Gasteiger partial charge in [0.1, 0.15) is 15.9 Å². The Bertz CT molecular complexity index is 1270. The number of nitrogens with one attached hydrogen (secondary N) is 3. The van der Waals surface area contributed by atoms with Crippen molar-refractivity contribution < 1.29 is 9.18 Å². The van der Waals surface area contributed by atoms with E-state index in [2.05, 4.69) is 35.6 Å². The van der Waals surface area contributed by atoms with Gasteiger partial charge >= 0.3 is 5.69 Å². The molecule has 0 aliphatic rings. The molecule has 0 unspecified atom stereocenters. The second-order valence-corrected chi connectivity index (χ2v) is 8.27. The van der Waals surface area contributed by atoms with Gasteiger partial charge in [0.05, 0.1) is 18.3 Å². The summed E-state index contributed by atoms with van der Waals surface area (Å²) in [6.45, 7) is 0. The summed E-state index contributed by atoms with van der Waals surface area (Å²) in [5, 5.41) is 14.2. The maximum atomic E-state index is 13.2. The molecule has 0 aliphatic heterocycles. The molecule has 0 aliphatic carbocycles. The van der Waals surface area contributed by atoms with E-state index in [-0.39, 0.29) is 18.1 Å². The van der Waals surface area contributed by atoms with Crippen LogP contribution in [0.25, 0.3) is 0 Å². The number of carbonyl (C=O) groups is 1. The van der Waals surface area contributed by atoms with Gasteiger partial charge < -0.3 is 5.32 Å². The molecule has 13 heteroatoms. The second kappa shape index (κ2) is 9.14. The van der Waals surface area contributed by atoms with Gasteiger partial charge in [-0.2, -0.15) is 5.10 Å². The molecule has 0 saturated carbocycles. The molecular weight excluding hydrogens is 443 g/mol. The van der Waals surface area contributed by atoms with E-state index in [0.717, 1.165) is 16.7 Å². The number of hydrogen-bond acceptors (Lipinski definition) is 8. The standard InChI is InChI=1S/C18H15FN8O2S2/c1-27-7-6-13(26-27)22-14(28)8-12-16(30-11-4-2-10(19)3-5-11)20-9-15(21-12)31-18-23-17(29)24-25-18/h2-7,9H,8H2,1H3,(H,22,26,28)(H2,23,24,25,29). The Morgan fingerprint density at radius 3 is 2.71 bits per heavy atom. The largest absolute Gasteiger partial charge is 0.341 e. The van der Waals surface area contributed by atoms with Crippen LogP contribution in [0.2, 0.25) is 0 Å². The van der Waals surface area contributed by atoms with Gasteiger partial charge in [-0.15, -0.1) is 5.10 Å². The third kappa shape index (κ3) is 5.58. The minimum absolute atomic E-state index is 0.0570. The molecule has 3 aromatic heterocycles. The molecule has 0 bridgehead atoms. The molecule has 3 N–H and O–H groups in total. The number of halogens is 1. The minimum Gasteiger partial charge on any atom is -0.309 e. The molecule has 0 radical (unpaired) electrons. The summed E-state index contributed by atoms with van der Waals surface area (Å²) in [4.78, 5) is 36.0. The van der Waals surface area contributed by atoms with Crippen LogP contribution in [0.4, 0.5) is 10.2 Å². The lowest BCUT2D eigenvalue weighted by atomic mass is 10.3. The van der Waals surface area contributed by atoms with Gasteiger partial charge in [-0.1, -0.05) is 11.8 Å². The monoisotopic (exact) mass is 458 g/mol. The number of anilines is 1. The lowest BCUT2D eigenvalue weighted by Gasteiger charge is -2.09. The van der Waals surface area contributed by atoms with E-state index in [9.17, 15) is 14.0 Å². The fourth-order valence-electron chi connectivity index (χ4n) is 2.48. The fraction of sp³-hybridized carbons (Fsp3) is 0.111. The van der Waals surface area contributed by atoms with Crippen LogP contribution in [0.15, 0.2) is 67.6 Å². The molecule has 4 rings (SSSR count). The number of aromatic nitrogens is 7. The van der Waals surface area contributed by atoms with Crippen molar-refractivity contribution in [2.75, 3.05) is 5.32 Å². The van der Waals surface area contributed by atoms with Crippen molar-refractivity contribution in [3.63, 3.8) is 0 Å². The van der Waals surface area contributed by atoms with Gasteiger partial charge in [-0.05, 0) is 36.0 Å². The maximum absolute atomic E-state index is 13.2. The molecule has 0 saturated heterocycles. The summed E-state index contributed by atoms with van der Waals surface area (Å²) in [6.07, 6.45) is 3.18. The van der Waals surface area contributed by atoms with Crippen molar-refractivity contribution in [3.8, 4) is 0 Å². The normalized spacial score (nSPS) is 10.9. The van der Waals surface area contributed by atoms with Crippen LogP contribution in [0.5, 0.6) is 0 Å². The summed E-state index contributed by atoms with van der Waals surface area (Å²) in [6, 6.07) is 7.62. The third-order valence-electron chi connectivity index (χ3n) is 3.80. The van der Waals surface area contributed by atoms with E-state index in [1.54, 1.807) is 36.1 Å². The molecule has 158 valence electrons. The Morgan fingerprint density at radius 1 is 1.23 bits per heavy atom. The summed E-state index contributed by atoms with van der Waals surface area (Å²) in [5.41, 5.74) is -0.0143. The molecular formula is C18H15FN8O2S2. The quantitative estimate of drug-likeness (QED) is 0.384. The van der Waals surface area contributed by atoms with Gasteiger partial charge in [-0.25, -0.2) is 24.3 Å². The van der Waals surface area contributed by atoms with Crippen LogP contribution in [0, 0.1) is 5.82 Å². The Kier molecular flexibility index (Phi) is 6.13. The zero-order chi connectivity index (χ0) is 21.8. The maximum Gasteiger partial charge on any atom is 0.341 e. The molecule has 1 amide bonds. The molecule has 0 atom stereocenters. The van der Waals surface area contributed by atoms with E-state index in [1.165, 1.54) is 30.1 Å². The number of rotatable bonds is 7. The molecule has 4 aromatic rings. The van der Waals surface area contributed by atoms with Crippen LogP contribution in [0.3, 0.4) is 0 Å². The smallest absolute Gasteiger partial charge is 0.309 e. The lowest BCUT2D eigenvalue weighted by Crippen LogP contribution is -2.17. The SMILES string of the molecule is Cn1ccc(NC(=O)Cc2nc(Sc3n[nH]c(=O)[nH]3)cnc2Sc2ccc(F)cc2)n1. The molecule has 0 spiro atoms. The first kappa shape index (κ1) is 20.8. The van der Waals surface area contributed by atoms with Crippen LogP contribution in [-0.2, 0) is 18.3 Å². The summed E-state index contributed by atoms with van der Waals surface area (Å²) >= 11 is 2.36. The average Bonchev–Trinajstić information content (AvgIpc) is 3.33. The zero-order valence-electron chi connectivity index (χ0n) is 16.0. The van der Waals surface area contributed by atoms with Gasteiger partial charge in [0.25, 0.3) is 0 Å². The molecule has 1 aromatic carbocycles. The lowest BCUT2D eigenvalue weighted by molar-refractivity contribution is -0.115. The van der Waals surface area contributed by atoms with E-state index in [1.807, 2.05) is 0 Å². The number of hydrogen-bond donors (Lipinski definition) is 3. The Balaban J connectivity index is 1.58. The number of H-pyrrole nitrogens is 2. The zero-order valence-corrected chi connectivity index (χ0v) is 17.6. The predicted molar refractivity (Wildman–Crippen MR) is 111 cm³/mol. The van der Waals surface area contributed by atoms with E-state index >= 15 is 0 Å². The van der Waals surface area contributed by atoms with Crippen molar-refractivity contribution in [2.45, 2.75) is 26.5 Å². The highest BCUT2D eigenvalue weighted by Crippen LogP contribution is 2.30. The predicted octanol–water partition coefficient (Wildman–Crippen LogP) is 2.24. The van der Waals surface area contributed by atoms with Gasteiger partial charge in [0.2, 0.25) is 5.91 Å². The highest BCUT2D eigenvalue weighted by molar-refractivity contribution is 7.99. The van der Waals surface area contributed by atoms with Crippen molar-refractivity contribution in [1.82, 2.24) is 34.9 Å². The fourth-order valence-corrected chi connectivity index (χ4v) is 4.02. The van der Waals surface area contributed by atoms with Gasteiger partial charge in [0, 0.05) is 24.2 Å². The van der Waals surface area contributed by atoms with Gasteiger partial charge in [-0.3, -0.25) is 14.5 Å². The van der Waals surface area contributed by atoms with Crippen molar-refractivity contribution in [3.05, 3.63) is 64.7 Å². The van der Waals surface area contributed by atoms with Crippen molar-refractivity contribution in [2.24, 2.45) is 7.05 Å². The molecule has 31 heavy (non-hydrogen) atoms. The number of nitrogens with zero attached hydrogens (tertiary/aromatic N) is 5. The summed E-state index contributed by atoms with van der Waals surface area (Å²) in [5.74, 6) is -0.234. The number of carbonyl (C=O) groups excluding carboxylic acids is 1. The Hall–Kier alpha value is -3.45. The Labute approximate surface area is 183 Å². The highest BCUT2D eigenvalue weighted by Gasteiger charge is 2.16. The van der Waals surface area contributed by atoms with E-state index < -0.39 is 5.69 Å². The first-order valence-electron chi connectivity index (χ1n) is 8.86. The summed E-state index contributed by atoms with van der Waals surface area (Å²) < 4.78 is 14.8. The van der Waals surface area contributed by atoms with Gasteiger partial charge in [0.15, 0.2) is 11.0 Å². The van der Waals surface area contributed by atoms with Crippen molar-refractivity contribution in [1.29, 1.82) is 0 Å². The van der Waals surface area contributed by atoms with Crippen LogP contribution >= 0.6 is 23.5 Å². The molecule has 10 nitrogen and oxygen atoms in total. The molecule has 3 heterocycles. The minimum atomic E-state index is -0.436. The Morgan fingerprint density at radius 2 is 2.03 bits per heavy atom. The third-order valence-corrected chi connectivity index (χ3v) is 5.64. The topological polar surface area (TPSA) is 134 Å². The highest BCUT2D eigenvalue weighted by atomic mass is 32.2.